The van der Waals surface area contributed by atoms with E-state index in [1.54, 1.807) is 13.8 Å². The molecule has 0 spiro atoms. The molecule has 1 rings (SSSR count). The van der Waals surface area contributed by atoms with Crippen molar-refractivity contribution in [3.05, 3.63) is 35.4 Å². The van der Waals surface area contributed by atoms with Gasteiger partial charge in [-0.15, -0.1) is 0 Å². The third-order valence-electron chi connectivity index (χ3n) is 4.68. The van der Waals surface area contributed by atoms with Crippen LogP contribution in [-0.4, -0.2) is 34.6 Å². The second-order valence-electron chi connectivity index (χ2n) is 7.28. The van der Waals surface area contributed by atoms with Crippen LogP contribution in [0.2, 0.25) is 0 Å². The molecule has 0 aliphatic heterocycles. The highest BCUT2D eigenvalue weighted by molar-refractivity contribution is 5.22. The van der Waals surface area contributed by atoms with E-state index in [1.165, 1.54) is 0 Å². The zero-order chi connectivity index (χ0) is 19.4. The minimum atomic E-state index is -0.460. The number of aliphatic hydroxyl groups excluding tert-OH is 2. The largest absolute Gasteiger partial charge is 0.391 e. The van der Waals surface area contributed by atoms with E-state index in [2.05, 4.69) is 19.9 Å². The molecule has 0 saturated heterocycles. The fourth-order valence-corrected chi connectivity index (χ4v) is 2.95. The van der Waals surface area contributed by atoms with Gasteiger partial charge in [-0.1, -0.05) is 63.8 Å². The quantitative estimate of drug-likeness (QED) is 0.505. The molecule has 2 N–H and O–H groups in total. The van der Waals surface area contributed by atoms with Crippen molar-refractivity contribution in [1.29, 1.82) is 0 Å². The first-order chi connectivity index (χ1) is 12.5. The lowest BCUT2D eigenvalue weighted by atomic mass is 10.1. The summed E-state index contributed by atoms with van der Waals surface area (Å²) in [5.41, 5.74) is 2.16. The van der Waals surface area contributed by atoms with Gasteiger partial charge in [0, 0.05) is 0 Å². The Morgan fingerprint density at radius 3 is 1.58 bits per heavy atom. The first kappa shape index (κ1) is 23.1. The average molecular weight is 367 g/mol. The first-order valence-electron chi connectivity index (χ1n) is 10.1. The van der Waals surface area contributed by atoms with Gasteiger partial charge in [-0.3, -0.25) is 0 Å². The van der Waals surface area contributed by atoms with Crippen LogP contribution in [0.15, 0.2) is 24.3 Å². The molecule has 4 heteroatoms. The van der Waals surface area contributed by atoms with Gasteiger partial charge in [0.1, 0.15) is 0 Å². The summed E-state index contributed by atoms with van der Waals surface area (Å²) in [6.07, 6.45) is 4.91. The van der Waals surface area contributed by atoms with Crippen LogP contribution < -0.4 is 0 Å². The third kappa shape index (κ3) is 9.13. The Kier molecular flexibility index (Phi) is 11.8. The summed E-state index contributed by atoms with van der Waals surface area (Å²) in [5.74, 6) is 0. The van der Waals surface area contributed by atoms with E-state index in [1.807, 2.05) is 18.2 Å². The number of hydrogen-bond acceptors (Lipinski definition) is 4. The maximum atomic E-state index is 9.87. The van der Waals surface area contributed by atoms with Gasteiger partial charge in [0.2, 0.25) is 0 Å². The van der Waals surface area contributed by atoms with Crippen molar-refractivity contribution >= 4 is 0 Å². The Morgan fingerprint density at radius 2 is 1.23 bits per heavy atom. The van der Waals surface area contributed by atoms with Crippen LogP contribution in [0.4, 0.5) is 0 Å². The molecule has 3 unspecified atom stereocenters. The van der Waals surface area contributed by atoms with Crippen molar-refractivity contribution in [2.24, 2.45) is 0 Å². The number of unbranched alkanes of at least 4 members (excludes halogenated alkanes) is 2. The fourth-order valence-electron chi connectivity index (χ4n) is 2.95. The van der Waals surface area contributed by atoms with Gasteiger partial charge in [0.15, 0.2) is 0 Å². The smallest absolute Gasteiger partial charge is 0.0835 e. The normalized spacial score (nSPS) is 16.2. The standard InChI is InChI=1S/C22H38O4/c1-5-7-12-21(17(3)23)25-15-19-10-9-11-20(14-19)16-26-22(18(4)24)13-8-6-2/h9-11,14,17-18,21-24H,5-8,12-13,15-16H2,1-4H3/t17-,18?,21?,22?/m0/s1. The maximum Gasteiger partial charge on any atom is 0.0835 e. The molecule has 0 amide bonds. The van der Waals surface area contributed by atoms with E-state index in [4.69, 9.17) is 9.47 Å². The Balaban J connectivity index is 2.55. The van der Waals surface area contributed by atoms with Crippen LogP contribution in [0, 0.1) is 0 Å². The highest BCUT2D eigenvalue weighted by Gasteiger charge is 2.16. The predicted octanol–water partition coefficient (Wildman–Crippen LogP) is 4.60. The molecule has 150 valence electrons. The van der Waals surface area contributed by atoms with Gasteiger partial charge in [-0.2, -0.15) is 0 Å². The topological polar surface area (TPSA) is 58.9 Å². The molecule has 0 saturated carbocycles. The van der Waals surface area contributed by atoms with Gasteiger partial charge in [0.25, 0.3) is 0 Å². The van der Waals surface area contributed by atoms with Crippen molar-refractivity contribution in [2.45, 2.75) is 104 Å². The van der Waals surface area contributed by atoms with Crippen LogP contribution in [0.3, 0.4) is 0 Å². The summed E-state index contributed by atoms with van der Waals surface area (Å²) in [6.45, 7) is 8.84. The van der Waals surface area contributed by atoms with Crippen molar-refractivity contribution < 1.29 is 19.7 Å². The molecule has 1 aromatic rings. The molecule has 4 atom stereocenters. The maximum absolute atomic E-state index is 9.87. The molecule has 0 heterocycles. The highest BCUT2D eigenvalue weighted by atomic mass is 16.5. The summed E-state index contributed by atoms with van der Waals surface area (Å²) in [6, 6.07) is 8.15. The van der Waals surface area contributed by atoms with Gasteiger partial charge in [-0.25, -0.2) is 0 Å². The number of aliphatic hydroxyl groups is 2. The Hall–Kier alpha value is -0.940. The lowest BCUT2D eigenvalue weighted by molar-refractivity contribution is -0.0446. The second-order valence-corrected chi connectivity index (χ2v) is 7.28. The van der Waals surface area contributed by atoms with E-state index < -0.39 is 12.2 Å². The fraction of sp³-hybridized carbons (Fsp3) is 0.727. The average Bonchev–Trinajstić information content (AvgIpc) is 2.61. The van der Waals surface area contributed by atoms with Crippen LogP contribution in [-0.2, 0) is 22.7 Å². The van der Waals surface area contributed by atoms with Crippen LogP contribution in [0.5, 0.6) is 0 Å². The van der Waals surface area contributed by atoms with E-state index in [0.717, 1.165) is 49.7 Å². The summed E-state index contributed by atoms with van der Waals surface area (Å²) in [7, 11) is 0. The summed E-state index contributed by atoms with van der Waals surface area (Å²) < 4.78 is 11.9. The minimum absolute atomic E-state index is 0.122. The van der Waals surface area contributed by atoms with E-state index >= 15 is 0 Å². The van der Waals surface area contributed by atoms with Crippen molar-refractivity contribution in [3.8, 4) is 0 Å². The van der Waals surface area contributed by atoms with E-state index in [-0.39, 0.29) is 12.2 Å². The Bertz CT molecular complexity index is 434. The number of hydrogen-bond donors (Lipinski definition) is 2. The van der Waals surface area contributed by atoms with Crippen LogP contribution in [0.1, 0.15) is 77.3 Å². The zero-order valence-electron chi connectivity index (χ0n) is 17.0. The molecule has 0 fully saturated rings. The molecule has 0 aliphatic carbocycles. The van der Waals surface area contributed by atoms with E-state index in [0.29, 0.717) is 13.2 Å². The SMILES string of the molecule is CCCCC(OCc1cccc(COC(CCCC)[C@H](C)O)c1)C(C)O. The monoisotopic (exact) mass is 366 g/mol. The Morgan fingerprint density at radius 1 is 0.808 bits per heavy atom. The molecule has 0 bridgehead atoms. The molecular weight excluding hydrogens is 328 g/mol. The second kappa shape index (κ2) is 13.3. The van der Waals surface area contributed by atoms with Crippen LogP contribution in [0.25, 0.3) is 0 Å². The summed E-state index contributed by atoms with van der Waals surface area (Å²) in [5, 5.41) is 19.7. The molecule has 0 radical (unpaired) electrons. The molecular formula is C22H38O4. The van der Waals surface area contributed by atoms with Gasteiger partial charge in [0.05, 0.1) is 37.6 Å². The van der Waals surface area contributed by atoms with Crippen LogP contribution >= 0.6 is 0 Å². The summed E-state index contributed by atoms with van der Waals surface area (Å²) >= 11 is 0. The number of rotatable bonds is 14. The summed E-state index contributed by atoms with van der Waals surface area (Å²) in [4.78, 5) is 0. The molecule has 0 aliphatic rings. The van der Waals surface area contributed by atoms with E-state index in [9.17, 15) is 10.2 Å². The Labute approximate surface area is 159 Å². The molecule has 0 aromatic heterocycles. The molecule has 4 nitrogen and oxygen atoms in total. The van der Waals surface area contributed by atoms with Gasteiger partial charge in [-0.05, 0) is 37.8 Å². The number of ether oxygens (including phenoxy) is 2. The number of benzene rings is 1. The molecule has 1 aromatic carbocycles. The van der Waals surface area contributed by atoms with Crippen molar-refractivity contribution in [2.75, 3.05) is 0 Å². The van der Waals surface area contributed by atoms with Gasteiger partial charge >= 0.3 is 0 Å². The third-order valence-corrected chi connectivity index (χ3v) is 4.68. The minimum Gasteiger partial charge on any atom is -0.391 e. The molecule has 26 heavy (non-hydrogen) atoms. The zero-order valence-corrected chi connectivity index (χ0v) is 17.0. The van der Waals surface area contributed by atoms with Crippen molar-refractivity contribution in [1.82, 2.24) is 0 Å². The lowest BCUT2D eigenvalue weighted by Crippen LogP contribution is -2.26. The van der Waals surface area contributed by atoms with Crippen molar-refractivity contribution in [3.63, 3.8) is 0 Å². The first-order valence-corrected chi connectivity index (χ1v) is 10.1. The predicted molar refractivity (Wildman–Crippen MR) is 106 cm³/mol. The lowest BCUT2D eigenvalue weighted by Gasteiger charge is -2.21. The highest BCUT2D eigenvalue weighted by Crippen LogP contribution is 2.16. The van der Waals surface area contributed by atoms with Gasteiger partial charge < -0.3 is 19.7 Å².